The third-order valence-electron chi connectivity index (χ3n) is 4.55. The van der Waals surface area contributed by atoms with Crippen molar-refractivity contribution in [1.82, 2.24) is 0 Å². The number of nitrogens with one attached hydrogen (secondary N) is 1. The molecule has 0 fully saturated rings. The van der Waals surface area contributed by atoms with Gasteiger partial charge in [0.15, 0.2) is 11.5 Å². The Labute approximate surface area is 161 Å². The summed E-state index contributed by atoms with van der Waals surface area (Å²) in [4.78, 5) is 15.0. The SMILES string of the molecule is COc1cc([C@@H]2Nc3ccccc3C(=O)N2c2ccc(Cl)cc2)ccc1O. The molecule has 2 N–H and O–H groups in total. The average Bonchev–Trinajstić information content (AvgIpc) is 2.69. The van der Waals surface area contributed by atoms with Crippen LogP contribution in [0.4, 0.5) is 11.4 Å². The lowest BCUT2D eigenvalue weighted by Gasteiger charge is -2.38. The monoisotopic (exact) mass is 380 g/mol. The molecule has 3 aromatic rings. The molecule has 0 bridgehead atoms. The molecule has 3 aromatic carbocycles. The van der Waals surface area contributed by atoms with Gasteiger partial charge in [0.2, 0.25) is 0 Å². The molecule has 0 unspecified atom stereocenters. The summed E-state index contributed by atoms with van der Waals surface area (Å²) in [6.07, 6.45) is -0.469. The van der Waals surface area contributed by atoms with Crippen LogP contribution in [-0.2, 0) is 0 Å². The number of nitrogens with zero attached hydrogens (tertiary/aromatic N) is 1. The average molecular weight is 381 g/mol. The summed E-state index contributed by atoms with van der Waals surface area (Å²) in [7, 11) is 1.49. The highest BCUT2D eigenvalue weighted by Gasteiger charge is 2.34. The molecule has 0 saturated carbocycles. The van der Waals surface area contributed by atoms with Gasteiger partial charge in [0, 0.05) is 16.4 Å². The van der Waals surface area contributed by atoms with Gasteiger partial charge in [-0.1, -0.05) is 29.8 Å². The number of ether oxygens (including phenoxy) is 1. The summed E-state index contributed by atoms with van der Waals surface area (Å²) in [6.45, 7) is 0. The number of carbonyl (C=O) groups is 1. The number of para-hydroxylation sites is 1. The molecule has 27 heavy (non-hydrogen) atoms. The van der Waals surface area contributed by atoms with E-state index in [9.17, 15) is 9.90 Å². The fourth-order valence-electron chi connectivity index (χ4n) is 3.22. The minimum Gasteiger partial charge on any atom is -0.504 e. The van der Waals surface area contributed by atoms with E-state index in [4.69, 9.17) is 16.3 Å². The number of amides is 1. The van der Waals surface area contributed by atoms with Crippen LogP contribution >= 0.6 is 11.6 Å². The zero-order chi connectivity index (χ0) is 19.0. The van der Waals surface area contributed by atoms with Gasteiger partial charge in [-0.05, 0) is 54.1 Å². The summed E-state index contributed by atoms with van der Waals surface area (Å²) < 4.78 is 5.23. The van der Waals surface area contributed by atoms with E-state index < -0.39 is 6.17 Å². The molecule has 1 atom stereocenters. The van der Waals surface area contributed by atoms with Gasteiger partial charge in [0.25, 0.3) is 5.91 Å². The largest absolute Gasteiger partial charge is 0.504 e. The highest BCUT2D eigenvalue weighted by Crippen LogP contribution is 2.39. The Bertz CT molecular complexity index is 1000. The highest BCUT2D eigenvalue weighted by atomic mass is 35.5. The van der Waals surface area contributed by atoms with Gasteiger partial charge in [0.1, 0.15) is 6.17 Å². The fourth-order valence-corrected chi connectivity index (χ4v) is 3.35. The molecule has 4 rings (SSSR count). The van der Waals surface area contributed by atoms with Gasteiger partial charge >= 0.3 is 0 Å². The first-order valence-corrected chi connectivity index (χ1v) is 8.78. The van der Waals surface area contributed by atoms with E-state index in [1.54, 1.807) is 53.4 Å². The molecular formula is C21H17ClN2O3. The van der Waals surface area contributed by atoms with Crippen LogP contribution in [0.25, 0.3) is 0 Å². The summed E-state index contributed by atoms with van der Waals surface area (Å²) in [5, 5.41) is 13.9. The maximum atomic E-state index is 13.3. The maximum Gasteiger partial charge on any atom is 0.262 e. The van der Waals surface area contributed by atoms with Crippen LogP contribution in [-0.4, -0.2) is 18.1 Å². The minimum absolute atomic E-state index is 0.0434. The van der Waals surface area contributed by atoms with Gasteiger partial charge in [0.05, 0.1) is 12.7 Å². The van der Waals surface area contributed by atoms with E-state index in [1.807, 2.05) is 18.2 Å². The molecule has 5 nitrogen and oxygen atoms in total. The Hall–Kier alpha value is -3.18. The summed E-state index contributed by atoms with van der Waals surface area (Å²) in [5.74, 6) is 0.266. The number of hydrogen-bond acceptors (Lipinski definition) is 4. The second kappa shape index (κ2) is 6.85. The van der Waals surface area contributed by atoms with Crippen molar-refractivity contribution in [2.24, 2.45) is 0 Å². The molecular weight excluding hydrogens is 364 g/mol. The lowest BCUT2D eigenvalue weighted by atomic mass is 10.0. The van der Waals surface area contributed by atoms with E-state index in [0.717, 1.165) is 11.3 Å². The van der Waals surface area contributed by atoms with Crippen LogP contribution in [0.3, 0.4) is 0 Å². The number of rotatable bonds is 3. The van der Waals surface area contributed by atoms with Crippen LogP contribution in [0.5, 0.6) is 11.5 Å². The van der Waals surface area contributed by atoms with Crippen molar-refractivity contribution in [2.45, 2.75) is 6.17 Å². The van der Waals surface area contributed by atoms with Crippen molar-refractivity contribution in [3.8, 4) is 11.5 Å². The van der Waals surface area contributed by atoms with Gasteiger partial charge in [-0.3, -0.25) is 9.69 Å². The Kier molecular flexibility index (Phi) is 4.38. The summed E-state index contributed by atoms with van der Waals surface area (Å²) in [5.41, 5.74) is 2.84. The van der Waals surface area contributed by atoms with E-state index in [2.05, 4.69) is 5.32 Å². The number of halogens is 1. The number of benzene rings is 3. The molecule has 0 saturated heterocycles. The lowest BCUT2D eigenvalue weighted by molar-refractivity contribution is 0.0975. The Morgan fingerprint density at radius 3 is 2.56 bits per heavy atom. The van der Waals surface area contributed by atoms with Crippen molar-refractivity contribution >= 4 is 28.9 Å². The number of carbonyl (C=O) groups excluding carboxylic acids is 1. The van der Waals surface area contributed by atoms with Gasteiger partial charge < -0.3 is 15.2 Å². The van der Waals surface area contributed by atoms with Crippen LogP contribution < -0.4 is 15.0 Å². The van der Waals surface area contributed by atoms with Crippen LogP contribution in [0.2, 0.25) is 5.02 Å². The third kappa shape index (κ3) is 3.06. The van der Waals surface area contributed by atoms with Gasteiger partial charge in [-0.15, -0.1) is 0 Å². The fraction of sp³-hybridized carbons (Fsp3) is 0.0952. The normalized spacial score (nSPS) is 15.9. The third-order valence-corrected chi connectivity index (χ3v) is 4.80. The van der Waals surface area contributed by atoms with Gasteiger partial charge in [-0.2, -0.15) is 0 Å². The molecule has 0 spiro atoms. The predicted molar refractivity (Wildman–Crippen MR) is 106 cm³/mol. The molecule has 0 radical (unpaired) electrons. The summed E-state index contributed by atoms with van der Waals surface area (Å²) >= 11 is 6.02. The van der Waals surface area contributed by atoms with Crippen LogP contribution in [0, 0.1) is 0 Å². The topological polar surface area (TPSA) is 61.8 Å². The Morgan fingerprint density at radius 1 is 1.07 bits per heavy atom. The smallest absolute Gasteiger partial charge is 0.262 e. The number of hydrogen-bond donors (Lipinski definition) is 2. The van der Waals surface area contributed by atoms with E-state index >= 15 is 0 Å². The highest BCUT2D eigenvalue weighted by molar-refractivity contribution is 6.30. The zero-order valence-corrected chi connectivity index (χ0v) is 15.3. The van der Waals surface area contributed by atoms with Crippen molar-refractivity contribution in [3.05, 3.63) is 82.9 Å². The van der Waals surface area contributed by atoms with Crippen molar-refractivity contribution in [2.75, 3.05) is 17.3 Å². The number of phenolic OH excluding ortho intramolecular Hbond substituents is 1. The molecule has 136 valence electrons. The molecule has 1 aliphatic heterocycles. The van der Waals surface area contributed by atoms with Crippen molar-refractivity contribution in [1.29, 1.82) is 0 Å². The molecule has 0 aromatic heterocycles. The number of aromatic hydroxyl groups is 1. The lowest BCUT2D eigenvalue weighted by Crippen LogP contribution is -2.43. The van der Waals surface area contributed by atoms with Crippen LogP contribution in [0.1, 0.15) is 22.1 Å². The Morgan fingerprint density at radius 2 is 1.81 bits per heavy atom. The van der Waals surface area contributed by atoms with Gasteiger partial charge in [-0.25, -0.2) is 0 Å². The minimum atomic E-state index is -0.469. The van der Waals surface area contributed by atoms with E-state index in [-0.39, 0.29) is 11.7 Å². The quantitative estimate of drug-likeness (QED) is 0.683. The molecule has 1 amide bonds. The second-order valence-corrected chi connectivity index (χ2v) is 6.61. The summed E-state index contributed by atoms with van der Waals surface area (Å²) in [6, 6.07) is 19.5. The van der Waals surface area contributed by atoms with Crippen LogP contribution in [0.15, 0.2) is 66.7 Å². The first-order valence-electron chi connectivity index (χ1n) is 8.40. The van der Waals surface area contributed by atoms with Crippen molar-refractivity contribution in [3.63, 3.8) is 0 Å². The Balaban J connectivity index is 1.86. The second-order valence-electron chi connectivity index (χ2n) is 6.18. The molecule has 1 heterocycles. The molecule has 0 aliphatic carbocycles. The number of fused-ring (bicyclic) bond motifs is 1. The number of phenols is 1. The maximum absolute atomic E-state index is 13.3. The number of anilines is 2. The predicted octanol–water partition coefficient (Wildman–Crippen LogP) is 4.83. The standard InChI is InChI=1S/C21H17ClN2O3/c1-27-19-12-13(6-11-18(19)25)20-23-17-5-3-2-4-16(17)21(26)24(20)15-9-7-14(22)8-10-15/h2-12,20,23,25H,1H3/t20-/m1/s1. The number of methoxy groups -OCH3 is 1. The molecule has 1 aliphatic rings. The first-order chi connectivity index (χ1) is 13.1. The van der Waals surface area contributed by atoms with E-state index in [1.165, 1.54) is 7.11 Å². The van der Waals surface area contributed by atoms with E-state index in [0.29, 0.717) is 22.0 Å². The zero-order valence-electron chi connectivity index (χ0n) is 14.5. The molecule has 6 heteroatoms. The first kappa shape index (κ1) is 17.2. The van der Waals surface area contributed by atoms with Crippen molar-refractivity contribution < 1.29 is 14.6 Å².